The number of thiazole rings is 1. The van der Waals surface area contributed by atoms with Crippen LogP contribution in [-0.2, 0) is 11.3 Å². The van der Waals surface area contributed by atoms with Crippen molar-refractivity contribution < 1.29 is 14.3 Å². The van der Waals surface area contributed by atoms with Crippen molar-refractivity contribution in [3.63, 3.8) is 0 Å². The minimum Gasteiger partial charge on any atom is -0.497 e. The van der Waals surface area contributed by atoms with E-state index in [-0.39, 0.29) is 12.5 Å². The van der Waals surface area contributed by atoms with Crippen molar-refractivity contribution in [2.75, 3.05) is 39.9 Å². The molecule has 1 saturated heterocycles. The summed E-state index contributed by atoms with van der Waals surface area (Å²) in [6, 6.07) is 7.24. The van der Waals surface area contributed by atoms with E-state index in [1.54, 1.807) is 30.6 Å². The zero-order valence-corrected chi connectivity index (χ0v) is 14.5. The highest BCUT2D eigenvalue weighted by Gasteiger charge is 2.21. The van der Waals surface area contributed by atoms with Gasteiger partial charge < -0.3 is 14.4 Å². The normalized spacial score (nSPS) is 15.3. The van der Waals surface area contributed by atoms with Gasteiger partial charge in [0, 0.05) is 38.1 Å². The monoisotopic (exact) mass is 347 g/mol. The molecule has 6 nitrogen and oxygen atoms in total. The molecule has 2 heterocycles. The van der Waals surface area contributed by atoms with Crippen LogP contribution in [0.1, 0.15) is 5.69 Å². The van der Waals surface area contributed by atoms with E-state index in [9.17, 15) is 4.79 Å². The average Bonchev–Trinajstić information content (AvgIpc) is 3.14. The van der Waals surface area contributed by atoms with Crippen molar-refractivity contribution in [3.8, 4) is 11.5 Å². The number of hydrogen-bond donors (Lipinski definition) is 0. The van der Waals surface area contributed by atoms with Crippen molar-refractivity contribution >= 4 is 17.2 Å². The van der Waals surface area contributed by atoms with Crippen LogP contribution in [0.15, 0.2) is 35.2 Å². The van der Waals surface area contributed by atoms with Gasteiger partial charge in [0.15, 0.2) is 6.61 Å². The molecular formula is C17H21N3O3S. The van der Waals surface area contributed by atoms with Crippen molar-refractivity contribution in [2.24, 2.45) is 0 Å². The van der Waals surface area contributed by atoms with Crippen molar-refractivity contribution in [2.45, 2.75) is 6.54 Å². The van der Waals surface area contributed by atoms with Crippen LogP contribution in [0.25, 0.3) is 0 Å². The van der Waals surface area contributed by atoms with Gasteiger partial charge in [-0.3, -0.25) is 9.69 Å². The maximum atomic E-state index is 12.3. The summed E-state index contributed by atoms with van der Waals surface area (Å²) >= 11 is 1.61. The van der Waals surface area contributed by atoms with Crippen molar-refractivity contribution in [1.29, 1.82) is 0 Å². The molecule has 1 aromatic heterocycles. The number of carbonyl (C=O) groups is 1. The minimum atomic E-state index is 0.0270. The molecule has 1 amide bonds. The Morgan fingerprint density at radius 3 is 2.50 bits per heavy atom. The van der Waals surface area contributed by atoms with Crippen molar-refractivity contribution in [3.05, 3.63) is 40.8 Å². The fraction of sp³-hybridized carbons (Fsp3) is 0.412. The Labute approximate surface area is 145 Å². The molecule has 1 aliphatic heterocycles. The smallest absolute Gasteiger partial charge is 0.260 e. The second kappa shape index (κ2) is 8.12. The summed E-state index contributed by atoms with van der Waals surface area (Å²) in [6.07, 6.45) is 0. The molecular weight excluding hydrogens is 326 g/mol. The molecule has 128 valence electrons. The van der Waals surface area contributed by atoms with E-state index < -0.39 is 0 Å². The molecule has 0 N–H and O–H groups in total. The molecule has 0 unspecified atom stereocenters. The molecule has 0 saturated carbocycles. The highest BCUT2D eigenvalue weighted by molar-refractivity contribution is 7.07. The standard InChI is InChI=1S/C17H21N3O3S/c1-22-15-2-4-16(5-3-15)23-11-17(21)20-8-6-19(7-9-20)10-14-12-24-13-18-14/h2-5,12-13H,6-11H2,1H3. The number of aromatic nitrogens is 1. The van der Waals surface area contributed by atoms with Gasteiger partial charge in [-0.15, -0.1) is 11.3 Å². The molecule has 7 heteroatoms. The molecule has 0 radical (unpaired) electrons. The number of carbonyl (C=O) groups excluding carboxylic acids is 1. The van der Waals surface area contributed by atoms with Crippen LogP contribution in [0.3, 0.4) is 0 Å². The molecule has 1 aliphatic rings. The van der Waals surface area contributed by atoms with Crippen LogP contribution in [0.4, 0.5) is 0 Å². The zero-order chi connectivity index (χ0) is 16.8. The fourth-order valence-corrected chi connectivity index (χ4v) is 3.16. The summed E-state index contributed by atoms with van der Waals surface area (Å²) in [6.45, 7) is 4.12. The average molecular weight is 347 g/mol. The molecule has 3 rings (SSSR count). The molecule has 0 aliphatic carbocycles. The van der Waals surface area contributed by atoms with E-state index in [4.69, 9.17) is 9.47 Å². The molecule has 0 atom stereocenters. The Morgan fingerprint density at radius 2 is 1.88 bits per heavy atom. The number of rotatable bonds is 6. The number of nitrogens with zero attached hydrogens (tertiary/aromatic N) is 3. The second-order valence-electron chi connectivity index (χ2n) is 5.60. The SMILES string of the molecule is COc1ccc(OCC(=O)N2CCN(Cc3cscn3)CC2)cc1. The Kier molecular flexibility index (Phi) is 5.66. The topological polar surface area (TPSA) is 54.9 Å². The quantitative estimate of drug-likeness (QED) is 0.799. The summed E-state index contributed by atoms with van der Waals surface area (Å²) in [7, 11) is 1.62. The van der Waals surface area contributed by atoms with E-state index in [0.717, 1.165) is 44.2 Å². The lowest BCUT2D eigenvalue weighted by molar-refractivity contribution is -0.135. The van der Waals surface area contributed by atoms with Gasteiger partial charge in [0.2, 0.25) is 0 Å². The van der Waals surface area contributed by atoms with Gasteiger partial charge in [-0.1, -0.05) is 0 Å². The molecule has 24 heavy (non-hydrogen) atoms. The molecule has 0 spiro atoms. The third-order valence-electron chi connectivity index (χ3n) is 4.02. The summed E-state index contributed by atoms with van der Waals surface area (Å²) in [5.41, 5.74) is 2.95. The van der Waals surface area contributed by atoms with Crippen LogP contribution < -0.4 is 9.47 Å². The molecule has 0 bridgehead atoms. The lowest BCUT2D eigenvalue weighted by Crippen LogP contribution is -2.49. The predicted octanol–water partition coefficient (Wildman–Crippen LogP) is 1.87. The first-order valence-corrected chi connectivity index (χ1v) is 8.83. The Hall–Kier alpha value is -2.12. The van der Waals surface area contributed by atoms with E-state index in [1.807, 2.05) is 22.5 Å². The molecule has 2 aromatic rings. The van der Waals surface area contributed by atoms with Crippen LogP contribution in [0, 0.1) is 0 Å². The third kappa shape index (κ3) is 4.46. The van der Waals surface area contributed by atoms with E-state index in [2.05, 4.69) is 15.3 Å². The van der Waals surface area contributed by atoms with E-state index in [1.165, 1.54) is 0 Å². The van der Waals surface area contributed by atoms with Gasteiger partial charge in [0.25, 0.3) is 5.91 Å². The van der Waals surface area contributed by atoms with Gasteiger partial charge in [0.05, 0.1) is 18.3 Å². The minimum absolute atomic E-state index is 0.0270. The third-order valence-corrected chi connectivity index (χ3v) is 4.65. The number of amides is 1. The maximum absolute atomic E-state index is 12.3. The number of ether oxygens (including phenoxy) is 2. The maximum Gasteiger partial charge on any atom is 0.260 e. The lowest BCUT2D eigenvalue weighted by atomic mass is 10.3. The Bertz CT molecular complexity index is 638. The summed E-state index contributed by atoms with van der Waals surface area (Å²) < 4.78 is 10.7. The number of hydrogen-bond acceptors (Lipinski definition) is 6. The van der Waals surface area contributed by atoms with E-state index in [0.29, 0.717) is 5.75 Å². The number of benzene rings is 1. The van der Waals surface area contributed by atoms with Gasteiger partial charge in [-0.25, -0.2) is 4.98 Å². The fourth-order valence-electron chi connectivity index (χ4n) is 2.61. The Morgan fingerprint density at radius 1 is 1.17 bits per heavy atom. The lowest BCUT2D eigenvalue weighted by Gasteiger charge is -2.34. The second-order valence-corrected chi connectivity index (χ2v) is 6.32. The summed E-state index contributed by atoms with van der Waals surface area (Å²) in [4.78, 5) is 20.8. The van der Waals surface area contributed by atoms with Crippen LogP contribution in [-0.4, -0.2) is 60.6 Å². The highest BCUT2D eigenvalue weighted by atomic mass is 32.1. The number of piperazine rings is 1. The predicted molar refractivity (Wildman–Crippen MR) is 92.5 cm³/mol. The van der Waals surface area contributed by atoms with Gasteiger partial charge in [-0.2, -0.15) is 0 Å². The van der Waals surface area contributed by atoms with Crippen LogP contribution in [0.2, 0.25) is 0 Å². The van der Waals surface area contributed by atoms with Crippen molar-refractivity contribution in [1.82, 2.24) is 14.8 Å². The first-order valence-electron chi connectivity index (χ1n) is 7.88. The number of methoxy groups -OCH3 is 1. The van der Waals surface area contributed by atoms with Gasteiger partial charge in [-0.05, 0) is 24.3 Å². The molecule has 1 aromatic carbocycles. The molecule has 1 fully saturated rings. The largest absolute Gasteiger partial charge is 0.497 e. The van der Waals surface area contributed by atoms with Gasteiger partial charge >= 0.3 is 0 Å². The summed E-state index contributed by atoms with van der Waals surface area (Å²) in [5.74, 6) is 1.47. The van der Waals surface area contributed by atoms with E-state index >= 15 is 0 Å². The van der Waals surface area contributed by atoms with Crippen LogP contribution in [0.5, 0.6) is 11.5 Å². The zero-order valence-electron chi connectivity index (χ0n) is 13.7. The van der Waals surface area contributed by atoms with Crippen LogP contribution >= 0.6 is 11.3 Å². The van der Waals surface area contributed by atoms with Gasteiger partial charge in [0.1, 0.15) is 11.5 Å². The highest BCUT2D eigenvalue weighted by Crippen LogP contribution is 2.17. The first-order chi connectivity index (χ1) is 11.7. The first kappa shape index (κ1) is 16.7. The Balaban J connectivity index is 1.41. The summed E-state index contributed by atoms with van der Waals surface area (Å²) in [5, 5.41) is 2.07.